The van der Waals surface area contributed by atoms with Gasteiger partial charge in [0.1, 0.15) is 5.82 Å². The van der Waals surface area contributed by atoms with Crippen LogP contribution in [0.5, 0.6) is 0 Å². The van der Waals surface area contributed by atoms with Gasteiger partial charge in [-0.3, -0.25) is 4.79 Å². The van der Waals surface area contributed by atoms with E-state index < -0.39 is 21.6 Å². The maximum atomic E-state index is 13.8. The molecule has 0 saturated carbocycles. The SMILES string of the molecule is CS(=O)(=O)c1ccc(-c2ccc(NC(=O)c3c(F)cccc3Cl)cc2)nn1. The van der Waals surface area contributed by atoms with E-state index in [0.29, 0.717) is 16.9 Å². The Bertz CT molecular complexity index is 1080. The molecule has 9 heteroatoms. The number of carbonyl (C=O) groups is 1. The highest BCUT2D eigenvalue weighted by molar-refractivity contribution is 7.90. The van der Waals surface area contributed by atoms with Gasteiger partial charge in [0.05, 0.1) is 16.3 Å². The van der Waals surface area contributed by atoms with Gasteiger partial charge in [-0.05, 0) is 36.4 Å². The third kappa shape index (κ3) is 4.29. The minimum absolute atomic E-state index is 0.0189. The first-order chi connectivity index (χ1) is 12.8. The molecule has 0 spiro atoms. The number of carbonyl (C=O) groups excluding carboxylic acids is 1. The van der Waals surface area contributed by atoms with Crippen molar-refractivity contribution in [2.45, 2.75) is 5.03 Å². The lowest BCUT2D eigenvalue weighted by Crippen LogP contribution is -2.14. The van der Waals surface area contributed by atoms with E-state index in [2.05, 4.69) is 15.5 Å². The molecule has 1 amide bonds. The third-order valence-electron chi connectivity index (χ3n) is 3.65. The molecular formula is C18H13ClFN3O3S. The van der Waals surface area contributed by atoms with Crippen LogP contribution in [0.25, 0.3) is 11.3 Å². The average Bonchev–Trinajstić information content (AvgIpc) is 2.61. The second-order valence-electron chi connectivity index (χ2n) is 5.66. The molecule has 6 nitrogen and oxygen atoms in total. The van der Waals surface area contributed by atoms with E-state index in [4.69, 9.17) is 11.6 Å². The zero-order valence-corrected chi connectivity index (χ0v) is 15.6. The normalized spacial score (nSPS) is 11.2. The number of halogens is 2. The fraction of sp³-hybridized carbons (Fsp3) is 0.0556. The molecule has 27 heavy (non-hydrogen) atoms. The molecule has 0 aliphatic carbocycles. The topological polar surface area (TPSA) is 89.0 Å². The highest BCUT2D eigenvalue weighted by Crippen LogP contribution is 2.23. The van der Waals surface area contributed by atoms with Crippen LogP contribution in [0.1, 0.15) is 10.4 Å². The monoisotopic (exact) mass is 405 g/mol. The van der Waals surface area contributed by atoms with Gasteiger partial charge in [-0.1, -0.05) is 29.8 Å². The maximum absolute atomic E-state index is 13.8. The van der Waals surface area contributed by atoms with Gasteiger partial charge in [0.2, 0.25) is 0 Å². The van der Waals surface area contributed by atoms with Crippen molar-refractivity contribution >= 4 is 33.0 Å². The first-order valence-corrected chi connectivity index (χ1v) is 9.92. The number of benzene rings is 2. The molecule has 1 heterocycles. The predicted molar refractivity (Wildman–Crippen MR) is 99.9 cm³/mol. The van der Waals surface area contributed by atoms with Crippen molar-refractivity contribution in [3.05, 3.63) is 71.0 Å². The minimum Gasteiger partial charge on any atom is -0.322 e. The number of anilines is 1. The Morgan fingerprint density at radius 1 is 1.04 bits per heavy atom. The molecule has 3 rings (SSSR count). The van der Waals surface area contributed by atoms with Crippen LogP contribution in [0.3, 0.4) is 0 Å². The van der Waals surface area contributed by atoms with E-state index in [1.54, 1.807) is 24.3 Å². The molecular weight excluding hydrogens is 393 g/mol. The Hall–Kier alpha value is -2.84. The average molecular weight is 406 g/mol. The summed E-state index contributed by atoms with van der Waals surface area (Å²) in [4.78, 5) is 12.2. The van der Waals surface area contributed by atoms with Crippen LogP contribution in [0.4, 0.5) is 10.1 Å². The lowest BCUT2D eigenvalue weighted by molar-refractivity contribution is 0.102. The van der Waals surface area contributed by atoms with Crippen molar-refractivity contribution in [3.63, 3.8) is 0 Å². The molecule has 0 unspecified atom stereocenters. The molecule has 1 aromatic heterocycles. The summed E-state index contributed by atoms with van der Waals surface area (Å²) in [6.07, 6.45) is 1.05. The molecule has 138 valence electrons. The number of aromatic nitrogens is 2. The van der Waals surface area contributed by atoms with Crippen LogP contribution < -0.4 is 5.32 Å². The van der Waals surface area contributed by atoms with Crippen molar-refractivity contribution in [1.82, 2.24) is 10.2 Å². The highest BCUT2D eigenvalue weighted by Gasteiger charge is 2.16. The Labute approximate surface area is 159 Å². The maximum Gasteiger partial charge on any atom is 0.260 e. The van der Waals surface area contributed by atoms with Gasteiger partial charge >= 0.3 is 0 Å². The molecule has 3 aromatic rings. The second kappa shape index (κ2) is 7.42. The minimum atomic E-state index is -3.42. The molecule has 0 atom stereocenters. The Morgan fingerprint density at radius 2 is 1.74 bits per heavy atom. The van der Waals surface area contributed by atoms with Gasteiger partial charge in [0.15, 0.2) is 14.9 Å². The fourth-order valence-electron chi connectivity index (χ4n) is 2.30. The number of hydrogen-bond donors (Lipinski definition) is 1. The number of nitrogens with one attached hydrogen (secondary N) is 1. The smallest absolute Gasteiger partial charge is 0.260 e. The summed E-state index contributed by atoms with van der Waals surface area (Å²) >= 11 is 5.88. The van der Waals surface area contributed by atoms with Crippen molar-refractivity contribution in [2.75, 3.05) is 11.6 Å². The van der Waals surface area contributed by atoms with E-state index in [1.165, 1.54) is 24.3 Å². The third-order valence-corrected chi connectivity index (χ3v) is 4.94. The molecule has 1 N–H and O–H groups in total. The number of nitrogens with zero attached hydrogens (tertiary/aromatic N) is 2. The van der Waals surface area contributed by atoms with Gasteiger partial charge in [-0.25, -0.2) is 12.8 Å². The summed E-state index contributed by atoms with van der Waals surface area (Å²) in [7, 11) is -3.42. The quantitative estimate of drug-likeness (QED) is 0.716. The van der Waals surface area contributed by atoms with Crippen molar-refractivity contribution in [3.8, 4) is 11.3 Å². The van der Waals surface area contributed by atoms with Crippen molar-refractivity contribution in [1.29, 1.82) is 0 Å². The first kappa shape index (κ1) is 18.9. The molecule has 0 aliphatic rings. The van der Waals surface area contributed by atoms with Crippen molar-refractivity contribution < 1.29 is 17.6 Å². The van der Waals surface area contributed by atoms with Crippen LogP contribution in [-0.2, 0) is 9.84 Å². The first-order valence-electron chi connectivity index (χ1n) is 7.65. The summed E-state index contributed by atoms with van der Waals surface area (Å²) in [5.41, 5.74) is 1.34. The van der Waals surface area contributed by atoms with E-state index in [-0.39, 0.29) is 15.6 Å². The highest BCUT2D eigenvalue weighted by atomic mass is 35.5. The standard InChI is InChI=1S/C18H13ClFN3O3S/c1-27(25,26)16-10-9-15(22-23-16)11-5-7-12(8-6-11)21-18(24)17-13(19)3-2-4-14(17)20/h2-10H,1H3,(H,21,24). The van der Waals surface area contributed by atoms with Crippen LogP contribution in [0.2, 0.25) is 5.02 Å². The molecule has 0 fully saturated rings. The van der Waals surface area contributed by atoms with Crippen LogP contribution >= 0.6 is 11.6 Å². The van der Waals surface area contributed by atoms with E-state index in [0.717, 1.165) is 12.3 Å². The van der Waals surface area contributed by atoms with Gasteiger partial charge in [-0.15, -0.1) is 10.2 Å². The lowest BCUT2D eigenvalue weighted by Gasteiger charge is -2.08. The summed E-state index contributed by atoms with van der Waals surface area (Å²) in [6, 6.07) is 13.5. The Kier molecular flexibility index (Phi) is 5.20. The largest absolute Gasteiger partial charge is 0.322 e. The molecule has 0 radical (unpaired) electrons. The molecule has 0 aliphatic heterocycles. The van der Waals surface area contributed by atoms with Gasteiger partial charge in [-0.2, -0.15) is 0 Å². The van der Waals surface area contributed by atoms with Gasteiger partial charge < -0.3 is 5.32 Å². The molecule has 0 bridgehead atoms. The van der Waals surface area contributed by atoms with Crippen LogP contribution in [-0.4, -0.2) is 30.8 Å². The zero-order valence-electron chi connectivity index (χ0n) is 14.0. The van der Waals surface area contributed by atoms with Gasteiger partial charge in [0, 0.05) is 17.5 Å². The zero-order chi connectivity index (χ0) is 19.6. The van der Waals surface area contributed by atoms with E-state index >= 15 is 0 Å². The Morgan fingerprint density at radius 3 is 2.30 bits per heavy atom. The van der Waals surface area contributed by atoms with E-state index in [1.807, 2.05) is 0 Å². The number of amides is 1. The van der Waals surface area contributed by atoms with Crippen LogP contribution in [0.15, 0.2) is 59.6 Å². The second-order valence-corrected chi connectivity index (χ2v) is 8.03. The van der Waals surface area contributed by atoms with E-state index in [9.17, 15) is 17.6 Å². The predicted octanol–water partition coefficient (Wildman–Crippen LogP) is 3.59. The summed E-state index contributed by atoms with van der Waals surface area (Å²) in [6.45, 7) is 0. The molecule has 0 saturated heterocycles. The van der Waals surface area contributed by atoms with Crippen LogP contribution in [0, 0.1) is 5.82 Å². The summed E-state index contributed by atoms with van der Waals surface area (Å²) < 4.78 is 36.6. The number of hydrogen-bond acceptors (Lipinski definition) is 5. The summed E-state index contributed by atoms with van der Waals surface area (Å²) in [5, 5.41) is 10.1. The van der Waals surface area contributed by atoms with Crippen molar-refractivity contribution in [2.24, 2.45) is 0 Å². The number of rotatable bonds is 4. The summed E-state index contributed by atoms with van der Waals surface area (Å²) in [5.74, 6) is -1.37. The Balaban J connectivity index is 1.79. The lowest BCUT2D eigenvalue weighted by atomic mass is 10.1. The molecule has 2 aromatic carbocycles. The van der Waals surface area contributed by atoms with Gasteiger partial charge in [0.25, 0.3) is 5.91 Å². The fourth-order valence-corrected chi connectivity index (χ4v) is 3.06. The number of sulfone groups is 1.